The monoisotopic (exact) mass is 325 g/mol. The van der Waals surface area contributed by atoms with E-state index >= 15 is 0 Å². The third-order valence-electron chi connectivity index (χ3n) is 4.41. The Hall–Kier alpha value is -0.380. The minimum Gasteiger partial charge on any atom is -0.493 e. The van der Waals surface area contributed by atoms with Crippen molar-refractivity contribution in [2.45, 2.75) is 56.2 Å². The highest BCUT2D eigenvalue weighted by Gasteiger charge is 2.20. The van der Waals surface area contributed by atoms with Gasteiger partial charge in [0.05, 0.1) is 6.61 Å². The molecule has 1 aliphatic heterocycles. The smallest absolute Gasteiger partial charge is 0.125 e. The molecular formula is C17H24ClNOS. The van der Waals surface area contributed by atoms with Crippen LogP contribution in [0.15, 0.2) is 12.1 Å². The summed E-state index contributed by atoms with van der Waals surface area (Å²) in [5.74, 6) is 2.07. The average molecular weight is 326 g/mol. The molecule has 1 unspecified atom stereocenters. The molecule has 1 aliphatic carbocycles. The molecule has 1 fully saturated rings. The van der Waals surface area contributed by atoms with E-state index in [2.05, 4.69) is 11.8 Å². The van der Waals surface area contributed by atoms with Crippen LogP contribution in [0.2, 0.25) is 5.02 Å². The van der Waals surface area contributed by atoms with Crippen LogP contribution >= 0.6 is 23.4 Å². The van der Waals surface area contributed by atoms with E-state index in [1.165, 1.54) is 43.2 Å². The number of benzene rings is 1. The highest BCUT2D eigenvalue weighted by atomic mass is 35.5. The van der Waals surface area contributed by atoms with Gasteiger partial charge in [-0.3, -0.25) is 0 Å². The highest BCUT2D eigenvalue weighted by Crippen LogP contribution is 2.34. The summed E-state index contributed by atoms with van der Waals surface area (Å²) in [7, 11) is 0. The van der Waals surface area contributed by atoms with Crippen LogP contribution in [0.1, 0.15) is 43.2 Å². The van der Waals surface area contributed by atoms with E-state index in [0.717, 1.165) is 41.2 Å². The summed E-state index contributed by atoms with van der Waals surface area (Å²) in [6.07, 6.45) is 8.76. The zero-order valence-corrected chi connectivity index (χ0v) is 14.0. The van der Waals surface area contributed by atoms with E-state index in [4.69, 9.17) is 22.1 Å². The van der Waals surface area contributed by atoms with Crippen molar-refractivity contribution in [1.82, 2.24) is 0 Å². The van der Waals surface area contributed by atoms with Crippen molar-refractivity contribution in [3.8, 4) is 5.75 Å². The van der Waals surface area contributed by atoms with Gasteiger partial charge in [0.2, 0.25) is 0 Å². The predicted molar refractivity (Wildman–Crippen MR) is 91.7 cm³/mol. The van der Waals surface area contributed by atoms with E-state index < -0.39 is 0 Å². The van der Waals surface area contributed by atoms with Gasteiger partial charge in [0.15, 0.2) is 0 Å². The summed E-state index contributed by atoms with van der Waals surface area (Å²) < 4.78 is 5.76. The lowest BCUT2D eigenvalue weighted by Gasteiger charge is -2.23. The molecule has 3 rings (SSSR count). The van der Waals surface area contributed by atoms with Crippen LogP contribution in [0.5, 0.6) is 5.75 Å². The molecule has 1 heterocycles. The summed E-state index contributed by atoms with van der Waals surface area (Å²) >= 11 is 8.27. The Morgan fingerprint density at radius 1 is 1.29 bits per heavy atom. The first-order valence-electron chi connectivity index (χ1n) is 8.03. The maximum Gasteiger partial charge on any atom is 0.125 e. The number of halogens is 1. The van der Waals surface area contributed by atoms with Crippen molar-refractivity contribution in [2.24, 2.45) is 5.73 Å². The third-order valence-corrected chi connectivity index (χ3v) is 6.19. The number of hydrogen-bond donors (Lipinski definition) is 1. The van der Waals surface area contributed by atoms with Crippen LogP contribution < -0.4 is 10.5 Å². The lowest BCUT2D eigenvalue weighted by Crippen LogP contribution is -2.27. The molecule has 0 radical (unpaired) electrons. The van der Waals surface area contributed by atoms with Crippen LogP contribution in [-0.4, -0.2) is 23.7 Å². The van der Waals surface area contributed by atoms with Crippen LogP contribution in [0.4, 0.5) is 0 Å². The first kappa shape index (κ1) is 15.5. The molecular weight excluding hydrogens is 302 g/mol. The maximum absolute atomic E-state index is 6.35. The van der Waals surface area contributed by atoms with Gasteiger partial charge in [-0.05, 0) is 42.5 Å². The molecule has 0 spiro atoms. The highest BCUT2D eigenvalue weighted by molar-refractivity contribution is 7.99. The van der Waals surface area contributed by atoms with Gasteiger partial charge in [0, 0.05) is 28.5 Å². The average Bonchev–Trinajstić information content (AvgIpc) is 2.94. The number of rotatable bonds is 5. The van der Waals surface area contributed by atoms with Crippen LogP contribution in [0.25, 0.3) is 0 Å². The summed E-state index contributed by atoms with van der Waals surface area (Å²) in [4.78, 5) is 0. The van der Waals surface area contributed by atoms with Crippen molar-refractivity contribution >= 4 is 23.4 Å². The second-order valence-corrected chi connectivity index (χ2v) is 7.98. The summed E-state index contributed by atoms with van der Waals surface area (Å²) in [6, 6.07) is 4.23. The molecule has 0 bridgehead atoms. The zero-order valence-electron chi connectivity index (χ0n) is 12.4. The van der Waals surface area contributed by atoms with Crippen LogP contribution in [0.3, 0.4) is 0 Å². The molecule has 21 heavy (non-hydrogen) atoms. The summed E-state index contributed by atoms with van der Waals surface area (Å²) in [6.45, 7) is 0.773. The number of thioether (sulfide) groups is 1. The molecule has 1 aromatic carbocycles. The lowest BCUT2D eigenvalue weighted by molar-refractivity contribution is 0.353. The van der Waals surface area contributed by atoms with Gasteiger partial charge in [-0.15, -0.1) is 0 Å². The van der Waals surface area contributed by atoms with Gasteiger partial charge < -0.3 is 10.5 Å². The van der Waals surface area contributed by atoms with Crippen molar-refractivity contribution in [2.75, 3.05) is 12.4 Å². The number of ether oxygens (including phenoxy) is 1. The quantitative estimate of drug-likeness (QED) is 0.880. The minimum absolute atomic E-state index is 0.184. The van der Waals surface area contributed by atoms with Crippen LogP contribution in [-0.2, 0) is 12.8 Å². The molecule has 1 saturated carbocycles. The Bertz CT molecular complexity index is 488. The second kappa shape index (κ2) is 7.26. The first-order valence-corrected chi connectivity index (χ1v) is 9.46. The third kappa shape index (κ3) is 4.08. The Balaban J connectivity index is 1.56. The topological polar surface area (TPSA) is 35.2 Å². The van der Waals surface area contributed by atoms with E-state index in [-0.39, 0.29) is 6.04 Å². The Kier molecular flexibility index (Phi) is 5.36. The van der Waals surface area contributed by atoms with Crippen molar-refractivity contribution < 1.29 is 4.74 Å². The van der Waals surface area contributed by atoms with Gasteiger partial charge in [-0.25, -0.2) is 0 Å². The molecule has 4 heteroatoms. The number of fused-ring (bicyclic) bond motifs is 1. The molecule has 2 aliphatic rings. The summed E-state index contributed by atoms with van der Waals surface area (Å²) in [5, 5.41) is 1.63. The molecule has 0 amide bonds. The molecule has 0 aromatic heterocycles. The molecule has 0 saturated heterocycles. The molecule has 1 atom stereocenters. The van der Waals surface area contributed by atoms with Gasteiger partial charge in [-0.2, -0.15) is 11.8 Å². The number of nitrogens with two attached hydrogens (primary N) is 1. The lowest BCUT2D eigenvalue weighted by atomic mass is 10.0. The first-order chi connectivity index (χ1) is 10.2. The SMILES string of the molecule is NC(CSC1CCCCC1)Cc1cc(Cl)cc2c1OCC2. The van der Waals surface area contributed by atoms with Crippen LogP contribution in [0, 0.1) is 0 Å². The van der Waals surface area contributed by atoms with Gasteiger partial charge >= 0.3 is 0 Å². The van der Waals surface area contributed by atoms with E-state index in [0.29, 0.717) is 0 Å². The molecule has 1 aromatic rings. The maximum atomic E-state index is 6.35. The molecule has 2 N–H and O–H groups in total. The fourth-order valence-corrected chi connectivity index (χ4v) is 4.90. The van der Waals surface area contributed by atoms with Crippen molar-refractivity contribution in [3.05, 3.63) is 28.3 Å². The molecule has 2 nitrogen and oxygen atoms in total. The van der Waals surface area contributed by atoms with Gasteiger partial charge in [0.1, 0.15) is 5.75 Å². The fourth-order valence-electron chi connectivity index (χ4n) is 3.33. The van der Waals surface area contributed by atoms with Crippen molar-refractivity contribution in [3.63, 3.8) is 0 Å². The Morgan fingerprint density at radius 3 is 2.90 bits per heavy atom. The second-order valence-electron chi connectivity index (χ2n) is 6.21. The zero-order chi connectivity index (χ0) is 14.7. The van der Waals surface area contributed by atoms with E-state index in [1.807, 2.05) is 12.1 Å². The summed E-state index contributed by atoms with van der Waals surface area (Å²) in [5.41, 5.74) is 8.77. The van der Waals surface area contributed by atoms with Crippen molar-refractivity contribution in [1.29, 1.82) is 0 Å². The Morgan fingerprint density at radius 2 is 2.10 bits per heavy atom. The van der Waals surface area contributed by atoms with E-state index in [1.54, 1.807) is 0 Å². The Labute approximate surface area is 136 Å². The van der Waals surface area contributed by atoms with Gasteiger partial charge in [0.25, 0.3) is 0 Å². The predicted octanol–water partition coefficient (Wildman–Crippen LogP) is 4.21. The number of hydrogen-bond acceptors (Lipinski definition) is 3. The normalized spacial score (nSPS) is 20.1. The fraction of sp³-hybridized carbons (Fsp3) is 0.647. The standard InChI is InChI=1S/C17H24ClNOS/c18-14-8-12-6-7-20-17(12)13(9-14)10-15(19)11-21-16-4-2-1-3-5-16/h8-9,15-16H,1-7,10-11,19H2. The largest absolute Gasteiger partial charge is 0.493 e. The molecule has 116 valence electrons. The van der Waals surface area contributed by atoms with E-state index in [9.17, 15) is 0 Å². The minimum atomic E-state index is 0.184. The van der Waals surface area contributed by atoms with Gasteiger partial charge in [-0.1, -0.05) is 30.9 Å².